The van der Waals surface area contributed by atoms with Crippen LogP contribution in [0.25, 0.3) is 0 Å². The van der Waals surface area contributed by atoms with Crippen molar-refractivity contribution in [3.05, 3.63) is 58.8 Å². The van der Waals surface area contributed by atoms with E-state index in [1.165, 1.54) is 48.8 Å². The van der Waals surface area contributed by atoms with E-state index in [1.54, 1.807) is 6.08 Å². The van der Waals surface area contributed by atoms with Gasteiger partial charge in [0.1, 0.15) is 5.75 Å². The number of hydrogen-bond donors (Lipinski definition) is 2. The molecule has 0 saturated heterocycles. The highest BCUT2D eigenvalue weighted by Crippen LogP contribution is 2.25. The zero-order valence-electron chi connectivity index (χ0n) is 18.5. The van der Waals surface area contributed by atoms with Gasteiger partial charge in [0.15, 0.2) is 0 Å². The summed E-state index contributed by atoms with van der Waals surface area (Å²) in [7, 11) is 1.44. The Morgan fingerprint density at radius 2 is 1.94 bits per heavy atom. The summed E-state index contributed by atoms with van der Waals surface area (Å²) in [6, 6.07) is 8.33. The molecule has 2 aromatic rings. The number of amides is 2. The zero-order valence-corrected chi connectivity index (χ0v) is 19.3. The number of thiophene rings is 1. The second-order valence-electron chi connectivity index (χ2n) is 7.33. The molecule has 6 nitrogen and oxygen atoms in total. The fourth-order valence-corrected chi connectivity index (χ4v) is 3.87. The number of alkyl halides is 3. The van der Waals surface area contributed by atoms with E-state index in [0.717, 1.165) is 11.3 Å². The van der Waals surface area contributed by atoms with Crippen molar-refractivity contribution in [2.24, 2.45) is 5.73 Å². The zero-order chi connectivity index (χ0) is 24.4. The van der Waals surface area contributed by atoms with Gasteiger partial charge < -0.3 is 20.7 Å². The van der Waals surface area contributed by atoms with E-state index in [-0.39, 0.29) is 18.1 Å². The average molecular weight is 484 g/mol. The van der Waals surface area contributed by atoms with Crippen LogP contribution < -0.4 is 20.7 Å². The Hall–Kier alpha value is -2.85. The highest BCUT2D eigenvalue weighted by Gasteiger charge is 2.42. The van der Waals surface area contributed by atoms with Gasteiger partial charge in [-0.25, -0.2) is 0 Å². The normalized spacial score (nSPS) is 13.5. The van der Waals surface area contributed by atoms with Crippen LogP contribution in [-0.2, 0) is 16.0 Å². The number of nitrogens with zero attached hydrogens (tertiary/aromatic N) is 1. The predicted molar refractivity (Wildman–Crippen MR) is 123 cm³/mol. The van der Waals surface area contributed by atoms with Crippen LogP contribution >= 0.6 is 11.3 Å². The Kier molecular flexibility index (Phi) is 9.93. The van der Waals surface area contributed by atoms with Crippen molar-refractivity contribution in [3.8, 4) is 5.75 Å². The van der Waals surface area contributed by atoms with E-state index in [4.69, 9.17) is 10.5 Å². The third-order valence-electron chi connectivity index (χ3n) is 4.79. The Morgan fingerprint density at radius 1 is 1.24 bits per heavy atom. The molecule has 0 aliphatic carbocycles. The van der Waals surface area contributed by atoms with Crippen molar-refractivity contribution in [2.45, 2.75) is 44.4 Å². The van der Waals surface area contributed by atoms with Gasteiger partial charge in [-0.05, 0) is 42.1 Å². The molecule has 10 heteroatoms. The number of nitrogens with one attached hydrogen (secondary N) is 1. The molecule has 1 heterocycles. The second-order valence-corrected chi connectivity index (χ2v) is 8.37. The van der Waals surface area contributed by atoms with Crippen LogP contribution in [-0.4, -0.2) is 43.7 Å². The SMILES string of the molecule is CCC[C@@H](/C=C/CN(C(=O)C(F)(F)F)c1ccc(OC)cc1)NC(=O)[C@@H](N)Cc1cccs1. The largest absolute Gasteiger partial charge is 0.497 e. The lowest BCUT2D eigenvalue weighted by atomic mass is 10.1. The average Bonchev–Trinajstić information content (AvgIpc) is 3.29. The van der Waals surface area contributed by atoms with E-state index in [0.29, 0.717) is 23.5 Å². The lowest BCUT2D eigenvalue weighted by Gasteiger charge is -2.23. The van der Waals surface area contributed by atoms with Gasteiger partial charge in [0.25, 0.3) is 0 Å². The number of nitrogens with two attached hydrogens (primary N) is 1. The molecular formula is C23H28F3N3O3S. The first kappa shape index (κ1) is 26.4. The first-order chi connectivity index (χ1) is 15.7. The van der Waals surface area contributed by atoms with Crippen LogP contribution in [0.5, 0.6) is 5.75 Å². The molecule has 1 aromatic heterocycles. The number of ether oxygens (including phenoxy) is 1. The predicted octanol–water partition coefficient (Wildman–Crippen LogP) is 4.06. The number of methoxy groups -OCH3 is 1. The minimum absolute atomic E-state index is 0.0804. The fourth-order valence-electron chi connectivity index (χ4n) is 3.11. The van der Waals surface area contributed by atoms with E-state index >= 15 is 0 Å². The van der Waals surface area contributed by atoms with Crippen LogP contribution in [0.15, 0.2) is 53.9 Å². The summed E-state index contributed by atoms with van der Waals surface area (Å²) < 4.78 is 44.4. The quantitative estimate of drug-likeness (QED) is 0.472. The van der Waals surface area contributed by atoms with Crippen LogP contribution in [0.1, 0.15) is 24.6 Å². The molecule has 2 amide bonds. The molecule has 0 unspecified atom stereocenters. The van der Waals surface area contributed by atoms with E-state index in [9.17, 15) is 22.8 Å². The highest BCUT2D eigenvalue weighted by molar-refractivity contribution is 7.09. The summed E-state index contributed by atoms with van der Waals surface area (Å²) in [5.41, 5.74) is 6.08. The monoisotopic (exact) mass is 483 g/mol. The lowest BCUT2D eigenvalue weighted by Crippen LogP contribution is -2.46. The van der Waals surface area contributed by atoms with Crippen molar-refractivity contribution in [3.63, 3.8) is 0 Å². The van der Waals surface area contributed by atoms with Crippen LogP contribution in [0, 0.1) is 0 Å². The smallest absolute Gasteiger partial charge is 0.471 e. The molecule has 1 aromatic carbocycles. The van der Waals surface area contributed by atoms with Gasteiger partial charge in [0.05, 0.1) is 13.2 Å². The summed E-state index contributed by atoms with van der Waals surface area (Å²) in [4.78, 5) is 26.1. The maximum absolute atomic E-state index is 13.1. The molecule has 3 N–H and O–H groups in total. The fraction of sp³-hybridized carbons (Fsp3) is 0.391. The molecule has 0 bridgehead atoms. The third kappa shape index (κ3) is 8.21. The Labute approximate surface area is 195 Å². The molecule has 0 saturated carbocycles. The van der Waals surface area contributed by atoms with Crippen molar-refractivity contribution in [1.82, 2.24) is 5.32 Å². The van der Waals surface area contributed by atoms with Gasteiger partial charge in [-0.2, -0.15) is 13.2 Å². The minimum Gasteiger partial charge on any atom is -0.497 e. The summed E-state index contributed by atoms with van der Waals surface area (Å²) >= 11 is 1.51. The lowest BCUT2D eigenvalue weighted by molar-refractivity contribution is -0.170. The standard InChI is InChI=1S/C23H28F3N3O3S/c1-3-6-16(28-21(30)20(27)15-19-8-5-14-33-19)7-4-13-29(22(31)23(24,25)26)17-9-11-18(32-2)12-10-17/h4-5,7-12,14,16,20H,3,6,13,15,27H2,1-2H3,(H,28,30)/b7-4+/t16-,20-/m0/s1. The molecular weight excluding hydrogens is 455 g/mol. The number of carbonyl (C=O) groups excluding carboxylic acids is 2. The number of hydrogen-bond acceptors (Lipinski definition) is 5. The molecule has 0 spiro atoms. The van der Waals surface area contributed by atoms with Gasteiger partial charge in [0.2, 0.25) is 5.91 Å². The van der Waals surface area contributed by atoms with Gasteiger partial charge >= 0.3 is 12.1 Å². The van der Waals surface area contributed by atoms with Crippen molar-refractivity contribution in [2.75, 3.05) is 18.6 Å². The molecule has 0 fully saturated rings. The minimum atomic E-state index is -5.03. The van der Waals surface area contributed by atoms with Gasteiger partial charge in [-0.1, -0.05) is 31.6 Å². The van der Waals surface area contributed by atoms with Crippen LogP contribution in [0.4, 0.5) is 18.9 Å². The molecule has 0 aliphatic rings. The number of halogens is 3. The van der Waals surface area contributed by atoms with E-state index in [2.05, 4.69) is 5.32 Å². The summed E-state index contributed by atoms with van der Waals surface area (Å²) in [6.45, 7) is 1.61. The Bertz CT molecular complexity index is 915. The maximum Gasteiger partial charge on any atom is 0.471 e. The van der Waals surface area contributed by atoms with Crippen molar-refractivity contribution >= 4 is 28.8 Å². The van der Waals surface area contributed by atoms with Crippen molar-refractivity contribution < 1.29 is 27.5 Å². The third-order valence-corrected chi connectivity index (χ3v) is 5.69. The highest BCUT2D eigenvalue weighted by atomic mass is 32.1. The molecule has 2 atom stereocenters. The summed E-state index contributed by atoms with van der Waals surface area (Å²) in [5, 5.41) is 4.73. The molecule has 180 valence electrons. The van der Waals surface area contributed by atoms with E-state index in [1.807, 2.05) is 24.4 Å². The number of rotatable bonds is 11. The van der Waals surface area contributed by atoms with Gasteiger partial charge in [0, 0.05) is 29.6 Å². The van der Waals surface area contributed by atoms with Gasteiger partial charge in [-0.15, -0.1) is 11.3 Å². The number of anilines is 1. The molecule has 0 aliphatic heterocycles. The maximum atomic E-state index is 13.1. The second kappa shape index (κ2) is 12.4. The van der Waals surface area contributed by atoms with Crippen LogP contribution in [0.2, 0.25) is 0 Å². The molecule has 2 rings (SSSR count). The van der Waals surface area contributed by atoms with Crippen molar-refractivity contribution in [1.29, 1.82) is 0 Å². The number of benzene rings is 1. The number of carbonyl (C=O) groups is 2. The topological polar surface area (TPSA) is 84.7 Å². The van der Waals surface area contributed by atoms with Crippen LogP contribution in [0.3, 0.4) is 0 Å². The first-order valence-corrected chi connectivity index (χ1v) is 11.3. The summed E-state index contributed by atoms with van der Waals surface area (Å²) in [6.07, 6.45) is -0.279. The first-order valence-electron chi connectivity index (χ1n) is 10.4. The molecule has 33 heavy (non-hydrogen) atoms. The Balaban J connectivity index is 2.09. The van der Waals surface area contributed by atoms with Gasteiger partial charge in [-0.3, -0.25) is 9.59 Å². The van der Waals surface area contributed by atoms with E-state index < -0.39 is 24.2 Å². The molecule has 0 radical (unpaired) electrons. The Morgan fingerprint density at radius 3 is 2.48 bits per heavy atom. The summed E-state index contributed by atoms with van der Waals surface area (Å²) in [5.74, 6) is -1.87.